The second-order valence-electron chi connectivity index (χ2n) is 3.73. The molecular formula is C11H14N2O3. The van der Waals surface area contributed by atoms with Gasteiger partial charge in [0.15, 0.2) is 0 Å². The number of nitrogens with two attached hydrogens (primary N) is 1. The van der Waals surface area contributed by atoms with Crippen LogP contribution in [0.25, 0.3) is 0 Å². The predicted molar refractivity (Wildman–Crippen MR) is 59.9 cm³/mol. The lowest BCUT2D eigenvalue weighted by molar-refractivity contribution is -0.403. The van der Waals surface area contributed by atoms with Crippen LogP contribution < -0.4 is 5.73 Å². The highest BCUT2D eigenvalue weighted by Crippen LogP contribution is 2.22. The Labute approximate surface area is 93.4 Å². The Bertz CT molecular complexity index is 399. The normalized spacial score (nSPS) is 15.6. The van der Waals surface area contributed by atoms with Gasteiger partial charge in [0.1, 0.15) is 5.72 Å². The zero-order chi connectivity index (χ0) is 12.2. The van der Waals surface area contributed by atoms with Crippen LogP contribution in [0.5, 0.6) is 0 Å². The van der Waals surface area contributed by atoms with Crippen LogP contribution in [0.4, 0.5) is 0 Å². The van der Waals surface area contributed by atoms with Crippen molar-refractivity contribution in [3.05, 3.63) is 57.8 Å². The molecule has 0 saturated carbocycles. The fourth-order valence-electron chi connectivity index (χ4n) is 1.48. The van der Waals surface area contributed by atoms with Crippen LogP contribution in [-0.4, -0.2) is 10.0 Å². The van der Waals surface area contributed by atoms with E-state index in [1.807, 2.05) is 0 Å². The molecular weight excluding hydrogens is 208 g/mol. The van der Waals surface area contributed by atoms with Crippen molar-refractivity contribution in [1.82, 2.24) is 0 Å². The molecule has 0 fully saturated rings. The van der Waals surface area contributed by atoms with Crippen molar-refractivity contribution in [2.24, 2.45) is 5.73 Å². The molecule has 0 spiro atoms. The minimum absolute atomic E-state index is 0.0258. The summed E-state index contributed by atoms with van der Waals surface area (Å²) < 4.78 is 0. The molecule has 16 heavy (non-hydrogen) atoms. The Balaban J connectivity index is 2.84. The second kappa shape index (κ2) is 4.87. The summed E-state index contributed by atoms with van der Waals surface area (Å²) in [6.45, 7) is 1.56. The predicted octanol–water partition coefficient (Wildman–Crippen LogP) is 1.36. The van der Waals surface area contributed by atoms with Crippen LogP contribution in [0.2, 0.25) is 0 Å². The molecule has 1 unspecified atom stereocenters. The van der Waals surface area contributed by atoms with Crippen LogP contribution in [0.3, 0.4) is 0 Å². The molecule has 1 aromatic rings. The van der Waals surface area contributed by atoms with E-state index in [1.165, 1.54) is 0 Å². The lowest BCUT2D eigenvalue weighted by atomic mass is 9.97. The highest BCUT2D eigenvalue weighted by Gasteiger charge is 2.24. The monoisotopic (exact) mass is 222 g/mol. The fourth-order valence-corrected chi connectivity index (χ4v) is 1.48. The molecule has 0 radical (unpaired) electrons. The molecule has 1 rings (SSSR count). The summed E-state index contributed by atoms with van der Waals surface area (Å²) in [4.78, 5) is 9.68. The quantitative estimate of drug-likeness (QED) is 0.457. The Kier molecular flexibility index (Phi) is 3.76. The average molecular weight is 222 g/mol. The van der Waals surface area contributed by atoms with E-state index in [0.29, 0.717) is 11.1 Å². The smallest absolute Gasteiger partial charge is 0.233 e. The summed E-state index contributed by atoms with van der Waals surface area (Å²) in [5, 5.41) is 20.2. The highest BCUT2D eigenvalue weighted by molar-refractivity contribution is 5.22. The molecule has 5 nitrogen and oxygen atoms in total. The molecule has 0 heterocycles. The molecule has 5 heteroatoms. The minimum Gasteiger partial charge on any atom is -0.371 e. The number of aliphatic hydroxyl groups is 1. The number of rotatable bonds is 4. The number of benzene rings is 1. The van der Waals surface area contributed by atoms with E-state index >= 15 is 0 Å². The Hall–Kier alpha value is -1.72. The first-order chi connectivity index (χ1) is 7.42. The van der Waals surface area contributed by atoms with Gasteiger partial charge in [0, 0.05) is 12.0 Å². The molecule has 3 N–H and O–H groups in total. The molecule has 86 valence electrons. The van der Waals surface area contributed by atoms with Gasteiger partial charge in [-0.1, -0.05) is 30.3 Å². The number of nitrogens with zero attached hydrogens (tertiary/aromatic N) is 1. The van der Waals surface area contributed by atoms with E-state index in [2.05, 4.69) is 0 Å². The summed E-state index contributed by atoms with van der Waals surface area (Å²) in [7, 11) is 0. The highest BCUT2D eigenvalue weighted by atomic mass is 16.6. The Morgan fingerprint density at radius 3 is 2.62 bits per heavy atom. The number of hydrogen-bond donors (Lipinski definition) is 2. The molecule has 1 aromatic carbocycles. The van der Waals surface area contributed by atoms with E-state index in [-0.39, 0.29) is 6.42 Å². The maximum Gasteiger partial charge on any atom is 0.233 e. The van der Waals surface area contributed by atoms with Gasteiger partial charge in [0.2, 0.25) is 6.20 Å². The van der Waals surface area contributed by atoms with Gasteiger partial charge >= 0.3 is 0 Å². The van der Waals surface area contributed by atoms with Gasteiger partial charge in [-0.2, -0.15) is 0 Å². The zero-order valence-corrected chi connectivity index (χ0v) is 8.96. The van der Waals surface area contributed by atoms with E-state index in [4.69, 9.17) is 5.73 Å². The molecule has 0 bridgehead atoms. The summed E-state index contributed by atoms with van der Waals surface area (Å²) in [6, 6.07) is 8.66. The average Bonchev–Trinajstić information content (AvgIpc) is 2.16. The lowest BCUT2D eigenvalue weighted by Crippen LogP contribution is -2.36. The molecule has 0 saturated heterocycles. The van der Waals surface area contributed by atoms with Crippen molar-refractivity contribution in [3.63, 3.8) is 0 Å². The summed E-state index contributed by atoms with van der Waals surface area (Å²) in [6.07, 6.45) is 0.874. The SMILES string of the molecule is CC(=C[N+](=O)[O-])CC(N)(O)c1ccccc1. The van der Waals surface area contributed by atoms with Gasteiger partial charge in [0.05, 0.1) is 4.92 Å². The molecule has 0 aromatic heterocycles. The van der Waals surface area contributed by atoms with Crippen molar-refractivity contribution >= 4 is 0 Å². The first kappa shape index (κ1) is 12.4. The molecule has 1 atom stereocenters. The molecule has 0 amide bonds. The van der Waals surface area contributed by atoms with Gasteiger partial charge in [-0.15, -0.1) is 0 Å². The number of nitro groups is 1. The summed E-state index contributed by atoms with van der Waals surface area (Å²) in [5.74, 6) is 0. The van der Waals surface area contributed by atoms with E-state index < -0.39 is 10.6 Å². The van der Waals surface area contributed by atoms with Crippen LogP contribution in [0.1, 0.15) is 18.9 Å². The van der Waals surface area contributed by atoms with Gasteiger partial charge in [0.25, 0.3) is 0 Å². The number of hydrogen-bond acceptors (Lipinski definition) is 4. The van der Waals surface area contributed by atoms with Crippen LogP contribution in [-0.2, 0) is 5.72 Å². The summed E-state index contributed by atoms with van der Waals surface area (Å²) >= 11 is 0. The van der Waals surface area contributed by atoms with Crippen LogP contribution >= 0.6 is 0 Å². The van der Waals surface area contributed by atoms with E-state index in [9.17, 15) is 15.2 Å². The maximum atomic E-state index is 10.2. The first-order valence-electron chi connectivity index (χ1n) is 4.79. The molecule has 0 aliphatic rings. The van der Waals surface area contributed by atoms with Gasteiger partial charge in [-0.25, -0.2) is 0 Å². The van der Waals surface area contributed by atoms with Crippen molar-refractivity contribution in [2.45, 2.75) is 19.1 Å². The zero-order valence-electron chi connectivity index (χ0n) is 8.96. The minimum atomic E-state index is -1.57. The largest absolute Gasteiger partial charge is 0.371 e. The van der Waals surface area contributed by atoms with Gasteiger partial charge < -0.3 is 5.11 Å². The third-order valence-corrected chi connectivity index (χ3v) is 2.15. The van der Waals surface area contributed by atoms with E-state index in [0.717, 1.165) is 6.20 Å². The lowest BCUT2D eigenvalue weighted by Gasteiger charge is -2.23. The third-order valence-electron chi connectivity index (χ3n) is 2.15. The summed E-state index contributed by atoms with van der Waals surface area (Å²) in [5.41, 5.74) is 5.08. The van der Waals surface area contributed by atoms with Gasteiger partial charge in [-0.05, 0) is 12.5 Å². The van der Waals surface area contributed by atoms with Crippen molar-refractivity contribution in [1.29, 1.82) is 0 Å². The Morgan fingerprint density at radius 2 is 2.12 bits per heavy atom. The van der Waals surface area contributed by atoms with Gasteiger partial charge in [-0.3, -0.25) is 15.8 Å². The van der Waals surface area contributed by atoms with Crippen molar-refractivity contribution in [2.75, 3.05) is 0 Å². The van der Waals surface area contributed by atoms with Crippen LogP contribution in [0.15, 0.2) is 42.1 Å². The van der Waals surface area contributed by atoms with Crippen LogP contribution in [0, 0.1) is 10.1 Å². The van der Waals surface area contributed by atoms with Crippen molar-refractivity contribution in [3.8, 4) is 0 Å². The second-order valence-corrected chi connectivity index (χ2v) is 3.73. The first-order valence-corrected chi connectivity index (χ1v) is 4.79. The topological polar surface area (TPSA) is 89.4 Å². The molecule has 0 aliphatic heterocycles. The maximum absolute atomic E-state index is 10.2. The third kappa shape index (κ3) is 3.45. The van der Waals surface area contributed by atoms with Crippen molar-refractivity contribution < 1.29 is 10.0 Å². The molecule has 0 aliphatic carbocycles. The fraction of sp³-hybridized carbons (Fsp3) is 0.273. The standard InChI is InChI=1S/C11H14N2O3/c1-9(8-13(15)16)7-11(12,14)10-5-3-2-4-6-10/h2-6,8,14H,7,12H2,1H3. The Morgan fingerprint density at radius 1 is 1.56 bits per heavy atom. The van der Waals surface area contributed by atoms with E-state index in [1.54, 1.807) is 37.3 Å².